The fraction of sp³-hybridized carbons (Fsp3) is 0.125. The molecule has 5 nitrogen and oxygen atoms in total. The molecule has 0 radical (unpaired) electrons. The molecule has 0 aliphatic rings. The number of aromatic amines is 1. The lowest BCUT2D eigenvalue weighted by molar-refractivity contribution is 0.0443. The minimum Gasteiger partial charge on any atom is -0.454 e. The van der Waals surface area contributed by atoms with E-state index in [0.29, 0.717) is 11.3 Å². The summed E-state index contributed by atoms with van der Waals surface area (Å²) >= 11 is 0. The van der Waals surface area contributed by atoms with Crippen molar-refractivity contribution in [2.45, 2.75) is 6.92 Å². The highest BCUT2D eigenvalue weighted by atomic mass is 16.5. The fourth-order valence-corrected chi connectivity index (χ4v) is 2.13. The van der Waals surface area contributed by atoms with Crippen molar-refractivity contribution >= 4 is 22.7 Å². The molecule has 2 aromatic heterocycles. The molecule has 0 saturated heterocycles. The van der Waals surface area contributed by atoms with Gasteiger partial charge in [0.25, 0.3) is 0 Å². The van der Waals surface area contributed by atoms with Crippen molar-refractivity contribution in [3.63, 3.8) is 0 Å². The third-order valence-electron chi connectivity index (χ3n) is 3.17. The van der Waals surface area contributed by atoms with Crippen LogP contribution in [0.5, 0.6) is 0 Å². The van der Waals surface area contributed by atoms with Crippen LogP contribution in [0.2, 0.25) is 0 Å². The molecule has 1 aromatic carbocycles. The summed E-state index contributed by atoms with van der Waals surface area (Å²) in [5.41, 5.74) is 1.38. The van der Waals surface area contributed by atoms with Gasteiger partial charge >= 0.3 is 5.97 Å². The molecule has 0 unspecified atom stereocenters. The molecule has 0 bridgehead atoms. The molecule has 0 aliphatic heterocycles. The highest BCUT2D eigenvalue weighted by molar-refractivity contribution is 6.09. The van der Waals surface area contributed by atoms with Crippen molar-refractivity contribution in [2.24, 2.45) is 0 Å². The summed E-state index contributed by atoms with van der Waals surface area (Å²) in [7, 11) is 0. The molecule has 0 fully saturated rings. The summed E-state index contributed by atoms with van der Waals surface area (Å²) in [6, 6.07) is 10.6. The first kappa shape index (κ1) is 13.2. The van der Waals surface area contributed by atoms with E-state index in [4.69, 9.17) is 9.15 Å². The smallest absolute Gasteiger partial charge is 0.374 e. The number of hydrogen-bond donors (Lipinski definition) is 1. The Kier molecular flexibility index (Phi) is 3.31. The first-order valence-electron chi connectivity index (χ1n) is 6.48. The predicted octanol–water partition coefficient (Wildman–Crippen LogP) is 3.11. The highest BCUT2D eigenvalue weighted by Gasteiger charge is 2.16. The van der Waals surface area contributed by atoms with Crippen LogP contribution in [0.3, 0.4) is 0 Å². The Morgan fingerprint density at radius 3 is 2.76 bits per heavy atom. The summed E-state index contributed by atoms with van der Waals surface area (Å²) in [4.78, 5) is 26.9. The Hall–Kier alpha value is -2.82. The van der Waals surface area contributed by atoms with E-state index in [1.54, 1.807) is 19.2 Å². The zero-order valence-electron chi connectivity index (χ0n) is 11.4. The third kappa shape index (κ3) is 2.58. The maximum absolute atomic E-state index is 12.1. The van der Waals surface area contributed by atoms with Gasteiger partial charge in [0.1, 0.15) is 5.76 Å². The Morgan fingerprint density at radius 2 is 2.00 bits per heavy atom. The molecule has 3 rings (SSSR count). The number of aromatic nitrogens is 1. The van der Waals surface area contributed by atoms with Gasteiger partial charge in [0.05, 0.1) is 0 Å². The number of carbonyl (C=O) groups is 2. The van der Waals surface area contributed by atoms with Crippen LogP contribution < -0.4 is 0 Å². The van der Waals surface area contributed by atoms with E-state index in [9.17, 15) is 9.59 Å². The summed E-state index contributed by atoms with van der Waals surface area (Å²) < 4.78 is 10.1. The number of furan rings is 1. The number of carbonyl (C=O) groups excluding carboxylic acids is 2. The van der Waals surface area contributed by atoms with Crippen molar-refractivity contribution < 1.29 is 18.7 Å². The number of para-hydroxylation sites is 1. The van der Waals surface area contributed by atoms with Crippen molar-refractivity contribution in [1.82, 2.24) is 4.98 Å². The molecule has 106 valence electrons. The van der Waals surface area contributed by atoms with E-state index in [2.05, 4.69) is 4.98 Å². The van der Waals surface area contributed by atoms with Crippen LogP contribution in [-0.2, 0) is 4.74 Å². The zero-order chi connectivity index (χ0) is 14.8. The fourth-order valence-electron chi connectivity index (χ4n) is 2.13. The predicted molar refractivity (Wildman–Crippen MR) is 76.4 cm³/mol. The van der Waals surface area contributed by atoms with Crippen molar-refractivity contribution in [3.05, 3.63) is 59.7 Å². The number of nitrogens with one attached hydrogen (secondary N) is 1. The second-order valence-electron chi connectivity index (χ2n) is 4.66. The Bertz CT molecular complexity index is 812. The summed E-state index contributed by atoms with van der Waals surface area (Å²) in [5.74, 6) is -0.190. The first-order chi connectivity index (χ1) is 10.1. The molecule has 0 saturated carbocycles. The second-order valence-corrected chi connectivity index (χ2v) is 4.66. The third-order valence-corrected chi connectivity index (χ3v) is 3.17. The van der Waals surface area contributed by atoms with Crippen LogP contribution in [0.1, 0.15) is 26.7 Å². The number of H-pyrrole nitrogens is 1. The molecular formula is C16H13NO4. The van der Waals surface area contributed by atoms with E-state index in [-0.39, 0.29) is 18.2 Å². The first-order valence-corrected chi connectivity index (χ1v) is 6.48. The molecule has 21 heavy (non-hydrogen) atoms. The molecule has 1 N–H and O–H groups in total. The summed E-state index contributed by atoms with van der Waals surface area (Å²) in [6.07, 6.45) is 1.62. The van der Waals surface area contributed by atoms with Crippen molar-refractivity contribution in [2.75, 3.05) is 6.61 Å². The van der Waals surface area contributed by atoms with Gasteiger partial charge in [-0.2, -0.15) is 0 Å². The molecule has 0 amide bonds. The lowest BCUT2D eigenvalue weighted by Gasteiger charge is -2.01. The van der Waals surface area contributed by atoms with Gasteiger partial charge in [0.15, 0.2) is 6.61 Å². The minimum atomic E-state index is -0.642. The van der Waals surface area contributed by atoms with E-state index in [1.165, 1.54) is 6.07 Å². The number of esters is 1. The van der Waals surface area contributed by atoms with Crippen molar-refractivity contribution in [1.29, 1.82) is 0 Å². The maximum Gasteiger partial charge on any atom is 0.374 e. The normalized spacial score (nSPS) is 10.7. The quantitative estimate of drug-likeness (QED) is 0.590. The number of rotatable bonds is 4. The van der Waals surface area contributed by atoms with Gasteiger partial charge < -0.3 is 14.1 Å². The SMILES string of the molecule is Cc1ccc(C(=O)OCC(=O)c2c[nH]c3ccccc23)o1. The summed E-state index contributed by atoms with van der Waals surface area (Å²) in [5, 5.41) is 0.812. The lowest BCUT2D eigenvalue weighted by atomic mass is 10.1. The molecule has 3 aromatic rings. The van der Waals surface area contributed by atoms with E-state index in [0.717, 1.165) is 10.9 Å². The van der Waals surface area contributed by atoms with E-state index < -0.39 is 5.97 Å². The topological polar surface area (TPSA) is 72.3 Å². The monoisotopic (exact) mass is 283 g/mol. The van der Waals surface area contributed by atoms with Gasteiger partial charge in [-0.15, -0.1) is 0 Å². The number of hydrogen-bond acceptors (Lipinski definition) is 4. The number of aryl methyl sites for hydroxylation is 1. The molecule has 0 atom stereocenters. The maximum atomic E-state index is 12.1. The standard InChI is InChI=1S/C16H13NO4/c1-10-6-7-15(21-10)16(19)20-9-14(18)12-8-17-13-5-3-2-4-11(12)13/h2-8,17H,9H2,1H3. The Labute approximate surface area is 120 Å². The van der Waals surface area contributed by atoms with Crippen LogP contribution >= 0.6 is 0 Å². The van der Waals surface area contributed by atoms with Crippen LogP contribution in [-0.4, -0.2) is 23.3 Å². The van der Waals surface area contributed by atoms with E-state index in [1.807, 2.05) is 24.3 Å². The Morgan fingerprint density at radius 1 is 1.19 bits per heavy atom. The average molecular weight is 283 g/mol. The van der Waals surface area contributed by atoms with Crippen LogP contribution in [0.4, 0.5) is 0 Å². The van der Waals surface area contributed by atoms with Gasteiger partial charge in [-0.3, -0.25) is 4.79 Å². The van der Waals surface area contributed by atoms with Crippen LogP contribution in [0.25, 0.3) is 10.9 Å². The number of Topliss-reactive ketones (excluding diaryl/α,β-unsaturated/α-hetero) is 1. The largest absolute Gasteiger partial charge is 0.454 e. The van der Waals surface area contributed by atoms with Crippen LogP contribution in [0.15, 0.2) is 47.0 Å². The van der Waals surface area contributed by atoms with Gasteiger partial charge in [-0.25, -0.2) is 4.79 Å². The minimum absolute atomic E-state index is 0.0965. The molecule has 5 heteroatoms. The zero-order valence-corrected chi connectivity index (χ0v) is 11.4. The van der Waals surface area contributed by atoms with Gasteiger partial charge in [-0.1, -0.05) is 18.2 Å². The number of ether oxygens (including phenoxy) is 1. The van der Waals surface area contributed by atoms with Gasteiger partial charge in [-0.05, 0) is 25.1 Å². The van der Waals surface area contributed by atoms with Crippen LogP contribution in [0, 0.1) is 6.92 Å². The second kappa shape index (κ2) is 5.28. The Balaban J connectivity index is 1.71. The van der Waals surface area contributed by atoms with E-state index >= 15 is 0 Å². The lowest BCUT2D eigenvalue weighted by Crippen LogP contribution is -2.13. The number of fused-ring (bicyclic) bond motifs is 1. The van der Waals surface area contributed by atoms with Crippen molar-refractivity contribution in [3.8, 4) is 0 Å². The van der Waals surface area contributed by atoms with Gasteiger partial charge in [0, 0.05) is 22.7 Å². The highest BCUT2D eigenvalue weighted by Crippen LogP contribution is 2.18. The molecule has 0 aliphatic carbocycles. The molecular weight excluding hydrogens is 270 g/mol. The number of benzene rings is 1. The van der Waals surface area contributed by atoms with Gasteiger partial charge in [0.2, 0.25) is 11.5 Å². The average Bonchev–Trinajstić information content (AvgIpc) is 3.10. The summed E-state index contributed by atoms with van der Waals surface area (Å²) in [6.45, 7) is 1.41. The molecule has 2 heterocycles. The number of ketones is 1. The molecule has 0 spiro atoms.